The molecule has 2 heterocycles. The van der Waals surface area contributed by atoms with Crippen molar-refractivity contribution in [3.63, 3.8) is 0 Å². The lowest BCUT2D eigenvalue weighted by molar-refractivity contribution is -0.116. The largest absolute Gasteiger partial charge is 0.490 e. The highest BCUT2D eigenvalue weighted by Gasteiger charge is 2.39. The van der Waals surface area contributed by atoms with Crippen molar-refractivity contribution in [1.29, 1.82) is 5.41 Å². The number of nitrogens with two attached hydrogens (primary N) is 1. The van der Waals surface area contributed by atoms with E-state index in [0.717, 1.165) is 38.0 Å². The van der Waals surface area contributed by atoms with Crippen LogP contribution >= 0.6 is 11.8 Å². The summed E-state index contributed by atoms with van der Waals surface area (Å²) in [6.07, 6.45) is 4.36. The molecule has 0 saturated carbocycles. The van der Waals surface area contributed by atoms with Crippen LogP contribution in [0.15, 0.2) is 24.3 Å². The van der Waals surface area contributed by atoms with Gasteiger partial charge in [0, 0.05) is 18.4 Å². The van der Waals surface area contributed by atoms with Crippen molar-refractivity contribution in [3.8, 4) is 5.75 Å². The van der Waals surface area contributed by atoms with Crippen LogP contribution in [0.5, 0.6) is 5.75 Å². The molecule has 3 rings (SSSR count). The fourth-order valence-corrected chi connectivity index (χ4v) is 4.34. The van der Waals surface area contributed by atoms with Crippen molar-refractivity contribution in [3.05, 3.63) is 29.8 Å². The van der Waals surface area contributed by atoms with Gasteiger partial charge in [0.1, 0.15) is 17.7 Å². The van der Waals surface area contributed by atoms with Crippen LogP contribution < -0.4 is 10.5 Å². The summed E-state index contributed by atoms with van der Waals surface area (Å²) in [5, 5.41) is 7.51. The molecule has 2 fully saturated rings. The van der Waals surface area contributed by atoms with E-state index in [1.807, 2.05) is 36.0 Å². The third-order valence-electron chi connectivity index (χ3n) is 4.30. The number of amidine groups is 1. The number of nitrogen functional groups attached to an aromatic ring is 1. The number of nitrogens with one attached hydrogen (secondary N) is 1. The summed E-state index contributed by atoms with van der Waals surface area (Å²) in [6.45, 7) is 0.779. The van der Waals surface area contributed by atoms with Gasteiger partial charge in [0.05, 0.1) is 12.2 Å². The Morgan fingerprint density at radius 1 is 1.38 bits per heavy atom. The molecule has 0 bridgehead atoms. The van der Waals surface area contributed by atoms with Crippen molar-refractivity contribution < 1.29 is 9.47 Å². The maximum absolute atomic E-state index is 7.51. The number of hydrogen-bond acceptors (Lipinski definition) is 4. The zero-order valence-corrected chi connectivity index (χ0v) is 13.0. The summed E-state index contributed by atoms with van der Waals surface area (Å²) < 4.78 is 12.2. The highest BCUT2D eigenvalue weighted by molar-refractivity contribution is 7.99. The first-order valence-electron chi connectivity index (χ1n) is 7.50. The van der Waals surface area contributed by atoms with E-state index in [1.54, 1.807) is 0 Å². The Labute approximate surface area is 129 Å². The molecule has 1 aromatic carbocycles. The van der Waals surface area contributed by atoms with E-state index in [4.69, 9.17) is 20.6 Å². The van der Waals surface area contributed by atoms with Gasteiger partial charge in [-0.05, 0) is 36.5 Å². The molecule has 1 spiro atoms. The number of ether oxygens (including phenoxy) is 2. The molecule has 0 aromatic heterocycles. The Bertz CT molecular complexity index is 509. The monoisotopic (exact) mass is 306 g/mol. The molecule has 1 aromatic rings. The number of benzene rings is 1. The number of thioether (sulfide) groups is 1. The molecule has 2 aliphatic rings. The van der Waals surface area contributed by atoms with E-state index in [9.17, 15) is 0 Å². The highest BCUT2D eigenvalue weighted by atomic mass is 32.2. The standard InChI is InChI=1S/C16H22N2O2S/c17-15(18)12-2-1-3-13(10-12)20-14-4-7-19-16(11-14)5-8-21-9-6-16/h1-3,10,14H,4-9,11H2,(H3,17,18). The van der Waals surface area contributed by atoms with Crippen LogP contribution in [0.3, 0.4) is 0 Å². The molecule has 3 N–H and O–H groups in total. The second-order valence-corrected chi connectivity index (χ2v) is 7.04. The molecule has 1 unspecified atom stereocenters. The van der Waals surface area contributed by atoms with E-state index in [-0.39, 0.29) is 17.5 Å². The summed E-state index contributed by atoms with van der Waals surface area (Å²) in [5.41, 5.74) is 6.28. The van der Waals surface area contributed by atoms with Crippen LogP contribution in [0.1, 0.15) is 31.2 Å². The van der Waals surface area contributed by atoms with Crippen molar-refractivity contribution in [1.82, 2.24) is 0 Å². The molecule has 0 radical (unpaired) electrons. The lowest BCUT2D eigenvalue weighted by Gasteiger charge is -2.43. The van der Waals surface area contributed by atoms with Gasteiger partial charge in [0.25, 0.3) is 0 Å². The molecule has 0 amide bonds. The SMILES string of the molecule is N=C(N)c1cccc(OC2CCOC3(CCSCC3)C2)c1. The molecule has 21 heavy (non-hydrogen) atoms. The second-order valence-electron chi connectivity index (χ2n) is 5.82. The van der Waals surface area contributed by atoms with E-state index in [2.05, 4.69) is 0 Å². The van der Waals surface area contributed by atoms with Gasteiger partial charge in [-0.25, -0.2) is 0 Å². The molecular formula is C16H22N2O2S. The first-order valence-corrected chi connectivity index (χ1v) is 8.65. The van der Waals surface area contributed by atoms with Gasteiger partial charge in [-0.1, -0.05) is 12.1 Å². The normalized spacial score (nSPS) is 24.7. The quantitative estimate of drug-likeness (QED) is 0.665. The van der Waals surface area contributed by atoms with Crippen LogP contribution in [0.25, 0.3) is 0 Å². The zero-order valence-electron chi connectivity index (χ0n) is 12.1. The number of rotatable bonds is 3. The topological polar surface area (TPSA) is 68.3 Å². The third-order valence-corrected chi connectivity index (χ3v) is 5.29. The van der Waals surface area contributed by atoms with Crippen molar-refractivity contribution >= 4 is 17.6 Å². The lowest BCUT2D eigenvalue weighted by Crippen LogP contribution is -2.46. The summed E-state index contributed by atoms with van der Waals surface area (Å²) in [5.74, 6) is 3.25. The second kappa shape index (κ2) is 6.28. The molecule has 0 aliphatic carbocycles. The average Bonchev–Trinajstić information content (AvgIpc) is 2.48. The Hall–Kier alpha value is -1.20. The minimum Gasteiger partial charge on any atom is -0.490 e. The van der Waals surface area contributed by atoms with E-state index >= 15 is 0 Å². The Balaban J connectivity index is 1.67. The fourth-order valence-electron chi connectivity index (χ4n) is 3.10. The average molecular weight is 306 g/mol. The highest BCUT2D eigenvalue weighted by Crippen LogP contribution is 2.38. The molecular weight excluding hydrogens is 284 g/mol. The van der Waals surface area contributed by atoms with Gasteiger partial charge in [-0.3, -0.25) is 5.41 Å². The van der Waals surface area contributed by atoms with Gasteiger partial charge >= 0.3 is 0 Å². The lowest BCUT2D eigenvalue weighted by atomic mass is 9.86. The zero-order chi connectivity index (χ0) is 14.7. The first-order chi connectivity index (χ1) is 10.2. The van der Waals surface area contributed by atoms with Crippen LogP contribution in [0, 0.1) is 5.41 Å². The fraction of sp³-hybridized carbons (Fsp3) is 0.562. The van der Waals surface area contributed by atoms with E-state index in [1.165, 1.54) is 11.5 Å². The minimum absolute atomic E-state index is 0.0341. The van der Waals surface area contributed by atoms with Gasteiger partial charge in [-0.15, -0.1) is 0 Å². The third kappa shape index (κ3) is 3.52. The van der Waals surface area contributed by atoms with Crippen LogP contribution in [0.2, 0.25) is 0 Å². The number of hydrogen-bond donors (Lipinski definition) is 2. The van der Waals surface area contributed by atoms with Gasteiger partial charge < -0.3 is 15.2 Å². The Morgan fingerprint density at radius 2 is 2.19 bits per heavy atom. The molecule has 4 nitrogen and oxygen atoms in total. The summed E-state index contributed by atoms with van der Waals surface area (Å²) in [6, 6.07) is 7.50. The molecule has 5 heteroatoms. The summed E-state index contributed by atoms with van der Waals surface area (Å²) >= 11 is 2.01. The maximum Gasteiger partial charge on any atom is 0.122 e. The van der Waals surface area contributed by atoms with Crippen molar-refractivity contribution in [2.45, 2.75) is 37.4 Å². The predicted octanol–water partition coefficient (Wildman–Crippen LogP) is 2.79. The Morgan fingerprint density at radius 3 is 2.95 bits per heavy atom. The molecule has 2 aliphatic heterocycles. The van der Waals surface area contributed by atoms with E-state index in [0.29, 0.717) is 5.56 Å². The summed E-state index contributed by atoms with van der Waals surface area (Å²) in [4.78, 5) is 0. The van der Waals surface area contributed by atoms with Gasteiger partial charge in [0.2, 0.25) is 0 Å². The molecule has 114 valence electrons. The predicted molar refractivity (Wildman–Crippen MR) is 86.4 cm³/mol. The van der Waals surface area contributed by atoms with Gasteiger partial charge in [-0.2, -0.15) is 11.8 Å². The van der Waals surface area contributed by atoms with Crippen LogP contribution in [-0.2, 0) is 4.74 Å². The van der Waals surface area contributed by atoms with Gasteiger partial charge in [0.15, 0.2) is 0 Å². The van der Waals surface area contributed by atoms with Crippen LogP contribution in [-0.4, -0.2) is 35.7 Å². The van der Waals surface area contributed by atoms with Crippen molar-refractivity contribution in [2.24, 2.45) is 5.73 Å². The van der Waals surface area contributed by atoms with Crippen molar-refractivity contribution in [2.75, 3.05) is 18.1 Å². The smallest absolute Gasteiger partial charge is 0.122 e. The maximum atomic E-state index is 7.51. The molecule has 1 atom stereocenters. The summed E-state index contributed by atoms with van der Waals surface area (Å²) in [7, 11) is 0. The minimum atomic E-state index is 0.0341. The molecule has 2 saturated heterocycles. The first kappa shape index (κ1) is 14.7. The van der Waals surface area contributed by atoms with Crippen LogP contribution in [0.4, 0.5) is 0 Å². The Kier molecular flexibility index (Phi) is 4.40. The van der Waals surface area contributed by atoms with E-state index < -0.39 is 0 Å².